The molecule has 0 bridgehead atoms. The van der Waals surface area contributed by atoms with Crippen LogP contribution in [0.1, 0.15) is 18.0 Å². The van der Waals surface area contributed by atoms with E-state index in [1.54, 1.807) is 0 Å². The number of amides is 3. The summed E-state index contributed by atoms with van der Waals surface area (Å²) in [6.45, 7) is -0.333. The summed E-state index contributed by atoms with van der Waals surface area (Å²) in [6.07, 6.45) is -1.32. The first kappa shape index (κ1) is 25.1. The first-order chi connectivity index (χ1) is 16.0. The van der Waals surface area contributed by atoms with Gasteiger partial charge in [0, 0.05) is 18.8 Å². The molecule has 0 aliphatic carbocycles. The van der Waals surface area contributed by atoms with Gasteiger partial charge in [0.25, 0.3) is 5.91 Å². The molecule has 0 saturated carbocycles. The number of hydrogen-bond acceptors (Lipinski definition) is 5. The molecule has 1 aliphatic heterocycles. The van der Waals surface area contributed by atoms with Crippen LogP contribution in [-0.4, -0.2) is 66.1 Å². The number of carbonyl (C=O) groups is 3. The van der Waals surface area contributed by atoms with Crippen LogP contribution in [0, 0.1) is 11.6 Å². The van der Waals surface area contributed by atoms with Gasteiger partial charge in [-0.25, -0.2) is 22.0 Å². The fourth-order valence-electron chi connectivity index (χ4n) is 3.57. The lowest BCUT2D eigenvalue weighted by atomic mass is 10.0. The number of hydrogen-bond donors (Lipinski definition) is 3. The molecule has 3 rings (SSSR count). The van der Waals surface area contributed by atoms with Gasteiger partial charge in [0.1, 0.15) is 11.6 Å². The quantitative estimate of drug-likeness (QED) is 0.534. The summed E-state index contributed by atoms with van der Waals surface area (Å²) in [5.74, 6) is -3.39. The molecule has 1 heterocycles. The summed E-state index contributed by atoms with van der Waals surface area (Å²) in [7, 11) is -3.95. The Kier molecular flexibility index (Phi) is 7.47. The Labute approximate surface area is 194 Å². The van der Waals surface area contributed by atoms with Gasteiger partial charge in [-0.2, -0.15) is 4.31 Å². The molecule has 182 valence electrons. The van der Waals surface area contributed by atoms with Gasteiger partial charge in [-0.3, -0.25) is 14.5 Å². The van der Waals surface area contributed by atoms with E-state index < -0.39 is 58.2 Å². The Balaban J connectivity index is 1.88. The Bertz CT molecular complexity index is 1190. The average molecular weight is 496 g/mol. The summed E-state index contributed by atoms with van der Waals surface area (Å²) < 4.78 is 52.1. The fourth-order valence-corrected chi connectivity index (χ4v) is 4.55. The average Bonchev–Trinajstić information content (AvgIpc) is 3.20. The number of carboxylic acid groups (broad SMARTS) is 1. The van der Waals surface area contributed by atoms with Crippen LogP contribution >= 0.6 is 0 Å². The number of aliphatic carboxylic acids is 1. The maximum Gasteiger partial charge on any atom is 0.323 e. The third-order valence-corrected chi connectivity index (χ3v) is 6.33. The number of rotatable bonds is 7. The number of carbonyl (C=O) groups excluding carboxylic acids is 2. The Hall–Kier alpha value is -3.58. The van der Waals surface area contributed by atoms with E-state index in [0.29, 0.717) is 0 Å². The lowest BCUT2D eigenvalue weighted by Crippen LogP contribution is -2.55. The Morgan fingerprint density at radius 1 is 1.09 bits per heavy atom. The second-order valence-corrected chi connectivity index (χ2v) is 9.53. The summed E-state index contributed by atoms with van der Waals surface area (Å²) in [5.41, 5.74) is 0.369. The molecule has 1 saturated heterocycles. The van der Waals surface area contributed by atoms with Crippen molar-refractivity contribution in [3.8, 4) is 0 Å². The standard InChI is InChI=1S/C21H22F2N4O6S/c1-34(32,33)27-10-9-26(21(31)24-16-4-2-3-15(23)11-16)20(27)19(30)25-17(12-18(28)29)13-5-7-14(22)8-6-13/h2-8,11,17,20H,9-10,12H2,1H3,(H,24,31)(H,25,30)(H,28,29). The van der Waals surface area contributed by atoms with Crippen LogP contribution in [-0.2, 0) is 19.6 Å². The number of nitrogens with zero attached hydrogens (tertiary/aromatic N) is 2. The summed E-state index contributed by atoms with van der Waals surface area (Å²) in [4.78, 5) is 38.3. The third-order valence-electron chi connectivity index (χ3n) is 5.09. The van der Waals surface area contributed by atoms with Gasteiger partial charge in [0.05, 0.1) is 18.7 Å². The molecule has 1 aliphatic rings. The molecule has 2 aromatic carbocycles. The highest BCUT2D eigenvalue weighted by molar-refractivity contribution is 7.88. The van der Waals surface area contributed by atoms with Crippen molar-refractivity contribution in [3.05, 3.63) is 65.7 Å². The molecule has 2 atom stereocenters. The number of benzene rings is 2. The van der Waals surface area contributed by atoms with Gasteiger partial charge < -0.3 is 15.7 Å². The Morgan fingerprint density at radius 3 is 2.35 bits per heavy atom. The van der Waals surface area contributed by atoms with Crippen molar-refractivity contribution < 1.29 is 36.7 Å². The second-order valence-electron chi connectivity index (χ2n) is 7.59. The van der Waals surface area contributed by atoms with E-state index in [-0.39, 0.29) is 24.3 Å². The van der Waals surface area contributed by atoms with Crippen LogP contribution in [0.3, 0.4) is 0 Å². The van der Waals surface area contributed by atoms with Gasteiger partial charge in [0.15, 0.2) is 6.17 Å². The lowest BCUT2D eigenvalue weighted by molar-refractivity contribution is -0.138. The van der Waals surface area contributed by atoms with Gasteiger partial charge in [-0.15, -0.1) is 0 Å². The molecular formula is C21H22F2N4O6S. The SMILES string of the molecule is CS(=O)(=O)N1CCN(C(=O)Nc2cccc(F)c2)C1C(=O)NC(CC(=O)O)c1ccc(F)cc1. The predicted octanol–water partition coefficient (Wildman–Crippen LogP) is 1.73. The molecule has 3 N–H and O–H groups in total. The van der Waals surface area contributed by atoms with E-state index in [0.717, 1.165) is 33.7 Å². The minimum absolute atomic E-state index is 0.0945. The zero-order valence-electron chi connectivity index (χ0n) is 17.9. The molecule has 0 spiro atoms. The van der Waals surface area contributed by atoms with Crippen LogP contribution in [0.15, 0.2) is 48.5 Å². The van der Waals surface area contributed by atoms with E-state index >= 15 is 0 Å². The van der Waals surface area contributed by atoms with E-state index in [4.69, 9.17) is 0 Å². The fraction of sp³-hybridized carbons (Fsp3) is 0.286. The monoisotopic (exact) mass is 496 g/mol. The van der Waals surface area contributed by atoms with Crippen molar-refractivity contribution in [2.24, 2.45) is 0 Å². The molecule has 2 aromatic rings. The largest absolute Gasteiger partial charge is 0.481 e. The minimum Gasteiger partial charge on any atom is -0.481 e. The highest BCUT2D eigenvalue weighted by Gasteiger charge is 2.45. The summed E-state index contributed by atoms with van der Waals surface area (Å²) in [5, 5.41) is 14.1. The van der Waals surface area contributed by atoms with E-state index in [9.17, 15) is 36.7 Å². The number of urea groups is 1. The molecule has 10 nitrogen and oxygen atoms in total. The zero-order chi connectivity index (χ0) is 25.0. The molecule has 34 heavy (non-hydrogen) atoms. The minimum atomic E-state index is -3.95. The number of nitrogens with one attached hydrogen (secondary N) is 2. The molecule has 13 heteroatoms. The van der Waals surface area contributed by atoms with Crippen LogP contribution < -0.4 is 10.6 Å². The van der Waals surface area contributed by atoms with Crippen molar-refractivity contribution in [3.63, 3.8) is 0 Å². The maximum atomic E-state index is 13.5. The van der Waals surface area contributed by atoms with Crippen molar-refractivity contribution >= 4 is 33.6 Å². The molecule has 2 unspecified atom stereocenters. The number of anilines is 1. The highest BCUT2D eigenvalue weighted by Crippen LogP contribution is 2.23. The predicted molar refractivity (Wildman–Crippen MR) is 117 cm³/mol. The second kappa shape index (κ2) is 10.1. The number of sulfonamides is 1. The van der Waals surface area contributed by atoms with Gasteiger partial charge >= 0.3 is 12.0 Å². The maximum absolute atomic E-state index is 13.5. The van der Waals surface area contributed by atoms with E-state index in [1.807, 2.05) is 0 Å². The first-order valence-electron chi connectivity index (χ1n) is 10.0. The molecule has 3 amide bonds. The van der Waals surface area contributed by atoms with Crippen molar-refractivity contribution in [2.45, 2.75) is 18.6 Å². The van der Waals surface area contributed by atoms with Gasteiger partial charge in [-0.1, -0.05) is 18.2 Å². The molecule has 1 fully saturated rings. The van der Waals surface area contributed by atoms with Crippen molar-refractivity contribution in [1.82, 2.24) is 14.5 Å². The van der Waals surface area contributed by atoms with Crippen LogP contribution in [0.4, 0.5) is 19.3 Å². The Morgan fingerprint density at radius 2 is 1.76 bits per heavy atom. The normalized spacial score (nSPS) is 17.3. The highest BCUT2D eigenvalue weighted by atomic mass is 32.2. The van der Waals surface area contributed by atoms with Crippen LogP contribution in [0.25, 0.3) is 0 Å². The number of carboxylic acids is 1. The van der Waals surface area contributed by atoms with Crippen LogP contribution in [0.2, 0.25) is 0 Å². The molecule has 0 radical (unpaired) electrons. The van der Waals surface area contributed by atoms with E-state index in [1.165, 1.54) is 30.3 Å². The van der Waals surface area contributed by atoms with Crippen molar-refractivity contribution in [2.75, 3.05) is 24.7 Å². The number of halogens is 2. The topological polar surface area (TPSA) is 136 Å². The molecule has 0 aromatic heterocycles. The molecular weight excluding hydrogens is 474 g/mol. The van der Waals surface area contributed by atoms with Gasteiger partial charge in [0.2, 0.25) is 10.0 Å². The third kappa shape index (κ3) is 6.05. The summed E-state index contributed by atoms with van der Waals surface area (Å²) in [6, 6.07) is 7.79. The van der Waals surface area contributed by atoms with E-state index in [2.05, 4.69) is 10.6 Å². The van der Waals surface area contributed by atoms with Gasteiger partial charge in [-0.05, 0) is 35.9 Å². The van der Waals surface area contributed by atoms with Crippen LogP contribution in [0.5, 0.6) is 0 Å². The lowest BCUT2D eigenvalue weighted by Gasteiger charge is -2.29. The zero-order valence-corrected chi connectivity index (χ0v) is 18.8. The smallest absolute Gasteiger partial charge is 0.323 e. The van der Waals surface area contributed by atoms with Crippen molar-refractivity contribution in [1.29, 1.82) is 0 Å². The summed E-state index contributed by atoms with van der Waals surface area (Å²) >= 11 is 0. The first-order valence-corrected chi connectivity index (χ1v) is 11.9.